The summed E-state index contributed by atoms with van der Waals surface area (Å²) in [6, 6.07) is 22.9. The summed E-state index contributed by atoms with van der Waals surface area (Å²) in [7, 11) is 0. The Morgan fingerprint density at radius 3 is 2.47 bits per heavy atom. The minimum Gasteiger partial charge on any atom is -0.484 e. The number of nitrogens with one attached hydrogen (secondary N) is 2. The molecule has 0 unspecified atom stereocenters. The summed E-state index contributed by atoms with van der Waals surface area (Å²) in [6.07, 6.45) is 1.80. The van der Waals surface area contributed by atoms with Crippen LogP contribution in [-0.2, 0) is 9.59 Å². The topological polar surface area (TPSA) is 83.0 Å². The molecule has 0 bridgehead atoms. The third-order valence-corrected chi connectivity index (χ3v) is 7.19. The Balaban J connectivity index is 1.28. The van der Waals surface area contributed by atoms with Crippen molar-refractivity contribution < 1.29 is 14.3 Å². The first-order valence-electron chi connectivity index (χ1n) is 12.0. The van der Waals surface area contributed by atoms with Crippen molar-refractivity contribution in [1.82, 2.24) is 10.3 Å². The zero-order chi connectivity index (χ0) is 27.1. The van der Waals surface area contributed by atoms with Gasteiger partial charge in [0.15, 0.2) is 6.61 Å². The Hall–Kier alpha value is -3.95. The highest BCUT2D eigenvalue weighted by Gasteiger charge is 2.31. The van der Waals surface area contributed by atoms with Gasteiger partial charge in [-0.2, -0.15) is 5.10 Å². The Morgan fingerprint density at radius 1 is 1.05 bits per heavy atom. The number of thiocarbonyl (C=S) groups is 1. The molecule has 0 radical (unpaired) electrons. The first-order valence-corrected chi connectivity index (χ1v) is 13.2. The molecule has 7 nitrogen and oxygen atoms in total. The maximum atomic E-state index is 12.9. The number of amides is 2. The van der Waals surface area contributed by atoms with E-state index in [0.29, 0.717) is 27.4 Å². The van der Waals surface area contributed by atoms with E-state index in [1.807, 2.05) is 81.4 Å². The van der Waals surface area contributed by atoms with Crippen LogP contribution in [0.5, 0.6) is 5.75 Å². The molecule has 2 amide bonds. The highest BCUT2D eigenvalue weighted by atomic mass is 32.2. The Labute approximate surface area is 232 Å². The average molecular weight is 545 g/mol. The Bertz CT molecular complexity index is 1400. The second kappa shape index (κ2) is 12.5. The van der Waals surface area contributed by atoms with Gasteiger partial charge in [-0.1, -0.05) is 84.1 Å². The first kappa shape index (κ1) is 27.1. The number of nitrogens with zero attached hydrogens (tertiary/aromatic N) is 2. The van der Waals surface area contributed by atoms with E-state index in [9.17, 15) is 9.59 Å². The molecule has 4 rings (SSSR count). The molecule has 1 heterocycles. The molecule has 0 saturated carbocycles. The molecule has 1 fully saturated rings. The van der Waals surface area contributed by atoms with Gasteiger partial charge in [0.2, 0.25) is 0 Å². The average Bonchev–Trinajstić information content (AvgIpc) is 3.18. The van der Waals surface area contributed by atoms with Crippen LogP contribution in [0.4, 0.5) is 5.69 Å². The molecule has 3 aromatic carbocycles. The van der Waals surface area contributed by atoms with E-state index < -0.39 is 0 Å². The van der Waals surface area contributed by atoms with Gasteiger partial charge in [-0.25, -0.2) is 5.43 Å². The van der Waals surface area contributed by atoms with Crippen LogP contribution in [0.25, 0.3) is 6.08 Å². The van der Waals surface area contributed by atoms with E-state index in [0.717, 1.165) is 27.9 Å². The van der Waals surface area contributed by atoms with Crippen molar-refractivity contribution in [2.24, 2.45) is 5.10 Å². The quantitative estimate of drug-likeness (QED) is 0.160. The summed E-state index contributed by atoms with van der Waals surface area (Å²) in [5.74, 6) is 0.0367. The molecule has 2 N–H and O–H groups in total. The third kappa shape index (κ3) is 7.08. The molecule has 0 aliphatic carbocycles. The third-order valence-electron chi connectivity index (χ3n) is 5.81. The lowest BCUT2D eigenvalue weighted by Gasteiger charge is -2.17. The summed E-state index contributed by atoms with van der Waals surface area (Å²) in [4.78, 5) is 27.2. The van der Waals surface area contributed by atoms with Crippen molar-refractivity contribution in [1.29, 1.82) is 0 Å². The summed E-state index contributed by atoms with van der Waals surface area (Å²) in [5.41, 5.74) is 8.20. The highest BCUT2D eigenvalue weighted by Crippen LogP contribution is 2.32. The number of hydrogen-bond acceptors (Lipinski definition) is 7. The zero-order valence-corrected chi connectivity index (χ0v) is 23.0. The number of aryl methyl sites for hydroxylation is 2. The Kier molecular flexibility index (Phi) is 8.93. The number of carbonyl (C=O) groups excluding carboxylic acids is 2. The van der Waals surface area contributed by atoms with Crippen molar-refractivity contribution in [2.75, 3.05) is 18.6 Å². The molecule has 194 valence electrons. The molecule has 3 aromatic rings. The van der Waals surface area contributed by atoms with Gasteiger partial charge in [0.1, 0.15) is 10.1 Å². The van der Waals surface area contributed by atoms with Gasteiger partial charge < -0.3 is 10.1 Å². The standard InChI is InChI=1S/C29H28N4O3S2/c1-19-8-12-23(13-9-19)21(3)31-32-27(34)17-36-24-14-10-22(11-15-24)16-26-28(35)33(29(37)38-26)18-30-25-7-5-4-6-20(25)2/h4-16,30H,17-18H2,1-3H3,(H,32,34)/b26-16-,31-21-. The summed E-state index contributed by atoms with van der Waals surface area (Å²) >= 11 is 6.70. The van der Waals surface area contributed by atoms with Crippen LogP contribution in [-0.4, -0.2) is 40.0 Å². The van der Waals surface area contributed by atoms with Crippen LogP contribution >= 0.6 is 24.0 Å². The maximum Gasteiger partial charge on any atom is 0.277 e. The summed E-state index contributed by atoms with van der Waals surface area (Å²) in [5, 5.41) is 7.41. The van der Waals surface area contributed by atoms with E-state index in [1.165, 1.54) is 11.8 Å². The predicted octanol–water partition coefficient (Wildman–Crippen LogP) is 5.49. The SMILES string of the molecule is C/C(=N/NC(=O)COc1ccc(/C=C2\SC(=S)N(CNc3ccccc3C)C2=O)cc1)c1ccc(C)cc1. The van der Waals surface area contributed by atoms with Gasteiger partial charge in [0.05, 0.1) is 17.3 Å². The van der Waals surface area contributed by atoms with Crippen molar-refractivity contribution in [3.05, 3.63) is 100.0 Å². The van der Waals surface area contributed by atoms with Gasteiger partial charge >= 0.3 is 0 Å². The fraction of sp³-hybridized carbons (Fsp3) is 0.172. The smallest absolute Gasteiger partial charge is 0.277 e. The minimum absolute atomic E-state index is 0.139. The molecule has 0 atom stereocenters. The number of hydrogen-bond donors (Lipinski definition) is 2. The van der Waals surface area contributed by atoms with Crippen LogP contribution in [0, 0.1) is 13.8 Å². The fourth-order valence-corrected chi connectivity index (χ4v) is 4.83. The summed E-state index contributed by atoms with van der Waals surface area (Å²) in [6.45, 7) is 5.99. The summed E-state index contributed by atoms with van der Waals surface area (Å²) < 4.78 is 6.08. The van der Waals surface area contributed by atoms with E-state index >= 15 is 0 Å². The lowest BCUT2D eigenvalue weighted by molar-refractivity contribution is -0.123. The second-order valence-corrected chi connectivity index (χ2v) is 10.4. The molecule has 38 heavy (non-hydrogen) atoms. The molecule has 1 aliphatic rings. The van der Waals surface area contributed by atoms with Gasteiger partial charge in [-0.3, -0.25) is 14.5 Å². The number of rotatable bonds is 9. The fourth-order valence-electron chi connectivity index (χ4n) is 3.57. The number of anilines is 1. The van der Waals surface area contributed by atoms with Crippen molar-refractivity contribution >= 4 is 57.6 Å². The van der Waals surface area contributed by atoms with Crippen molar-refractivity contribution in [3.63, 3.8) is 0 Å². The first-order chi connectivity index (χ1) is 18.3. The van der Waals surface area contributed by atoms with Crippen LogP contribution < -0.4 is 15.5 Å². The van der Waals surface area contributed by atoms with E-state index in [-0.39, 0.29) is 18.4 Å². The van der Waals surface area contributed by atoms with Crippen molar-refractivity contribution in [2.45, 2.75) is 20.8 Å². The van der Waals surface area contributed by atoms with Gasteiger partial charge in [0.25, 0.3) is 11.8 Å². The lowest BCUT2D eigenvalue weighted by atomic mass is 10.1. The largest absolute Gasteiger partial charge is 0.484 e. The monoisotopic (exact) mass is 544 g/mol. The molecular formula is C29H28N4O3S2. The van der Waals surface area contributed by atoms with E-state index in [4.69, 9.17) is 17.0 Å². The number of hydrazone groups is 1. The lowest BCUT2D eigenvalue weighted by Crippen LogP contribution is -2.33. The molecule has 9 heteroatoms. The van der Waals surface area contributed by atoms with Gasteiger partial charge in [0, 0.05) is 5.69 Å². The number of ether oxygens (including phenoxy) is 1. The number of benzene rings is 3. The van der Waals surface area contributed by atoms with Gasteiger partial charge in [-0.05, 0) is 61.7 Å². The molecular weight excluding hydrogens is 516 g/mol. The van der Waals surface area contributed by atoms with Crippen LogP contribution in [0.1, 0.15) is 29.2 Å². The molecule has 0 spiro atoms. The Morgan fingerprint density at radius 2 is 1.76 bits per heavy atom. The van der Waals surface area contributed by atoms with Crippen LogP contribution in [0.2, 0.25) is 0 Å². The molecule has 0 aromatic heterocycles. The number of para-hydroxylation sites is 1. The van der Waals surface area contributed by atoms with Crippen LogP contribution in [0.3, 0.4) is 0 Å². The van der Waals surface area contributed by atoms with Crippen molar-refractivity contribution in [3.8, 4) is 5.75 Å². The zero-order valence-electron chi connectivity index (χ0n) is 21.4. The maximum absolute atomic E-state index is 12.9. The van der Waals surface area contributed by atoms with Gasteiger partial charge in [-0.15, -0.1) is 0 Å². The predicted molar refractivity (Wildman–Crippen MR) is 158 cm³/mol. The van der Waals surface area contributed by atoms with E-state index in [2.05, 4.69) is 15.8 Å². The normalized spacial score (nSPS) is 14.7. The second-order valence-electron chi connectivity index (χ2n) is 8.72. The minimum atomic E-state index is -0.358. The highest BCUT2D eigenvalue weighted by molar-refractivity contribution is 8.26. The molecule has 1 aliphatic heterocycles. The molecule has 1 saturated heterocycles. The van der Waals surface area contributed by atoms with Crippen LogP contribution in [0.15, 0.2) is 82.8 Å². The number of carbonyl (C=O) groups is 2. The van der Waals surface area contributed by atoms with E-state index in [1.54, 1.807) is 23.1 Å². The number of thioether (sulfide) groups is 1.